The fraction of sp³-hybridized carbons (Fsp3) is 0.480. The Morgan fingerprint density at radius 2 is 1.89 bits per heavy atom. The minimum atomic E-state index is -3.94. The number of nitrogens with one attached hydrogen (secondary N) is 1. The molecule has 206 valence electrons. The second kappa shape index (κ2) is 12.7. The summed E-state index contributed by atoms with van der Waals surface area (Å²) < 4.78 is 46.0. The van der Waals surface area contributed by atoms with Crippen molar-refractivity contribution in [3.63, 3.8) is 0 Å². The molecule has 13 heteroatoms. The van der Waals surface area contributed by atoms with Crippen LogP contribution in [0.4, 0.5) is 19.4 Å². The highest BCUT2D eigenvalue weighted by atomic mass is 19.3. The molecule has 1 fully saturated rings. The van der Waals surface area contributed by atoms with Crippen molar-refractivity contribution in [2.75, 3.05) is 18.5 Å². The number of aliphatic hydroxyl groups excluding tert-OH is 1. The number of benzene rings is 1. The van der Waals surface area contributed by atoms with Gasteiger partial charge >= 0.3 is 23.7 Å². The number of rotatable bonds is 11. The number of aliphatic hydroxyl groups is 1. The molecule has 1 aromatic heterocycles. The Morgan fingerprint density at radius 1 is 1.18 bits per heavy atom. The first-order valence-electron chi connectivity index (χ1n) is 11.9. The molecule has 3 rings (SSSR count). The van der Waals surface area contributed by atoms with E-state index in [-0.39, 0.29) is 37.0 Å². The number of hydrogen-bond acceptors (Lipinski definition) is 9. The van der Waals surface area contributed by atoms with Crippen molar-refractivity contribution in [2.45, 2.75) is 57.5 Å². The lowest BCUT2D eigenvalue weighted by Crippen LogP contribution is -2.44. The Morgan fingerprint density at radius 3 is 2.53 bits per heavy atom. The van der Waals surface area contributed by atoms with Gasteiger partial charge in [0.2, 0.25) is 6.23 Å². The highest BCUT2D eigenvalue weighted by Gasteiger charge is 2.62. The molecule has 1 aromatic carbocycles. The summed E-state index contributed by atoms with van der Waals surface area (Å²) in [5, 5.41) is 11.8. The largest absolute Gasteiger partial charge is 0.453 e. The average molecular weight is 538 g/mol. The quantitative estimate of drug-likeness (QED) is 0.413. The first-order valence-corrected chi connectivity index (χ1v) is 11.9. The van der Waals surface area contributed by atoms with Crippen molar-refractivity contribution in [1.82, 2.24) is 9.55 Å². The van der Waals surface area contributed by atoms with Crippen LogP contribution in [0.3, 0.4) is 0 Å². The topological polar surface area (TPSA) is 146 Å². The number of carbonyl (C=O) groups is 3. The summed E-state index contributed by atoms with van der Waals surface area (Å²) in [5.41, 5.74) is -0.441. The summed E-state index contributed by atoms with van der Waals surface area (Å²) in [4.78, 5) is 52.2. The normalized spacial score (nSPS) is 20.2. The molecular formula is C25H29F2N3O8. The van der Waals surface area contributed by atoms with Crippen LogP contribution in [-0.4, -0.2) is 63.8 Å². The van der Waals surface area contributed by atoms with Crippen molar-refractivity contribution in [3.8, 4) is 0 Å². The molecule has 1 saturated heterocycles. The summed E-state index contributed by atoms with van der Waals surface area (Å²) in [6.45, 7) is 2.84. The number of ketones is 1. The number of Topliss-reactive ketones (excluding diaryl/α,β-unsaturated/α-hetero) is 1. The van der Waals surface area contributed by atoms with Crippen LogP contribution in [0.15, 0.2) is 47.4 Å². The standard InChI is InChI=1S/C25H29F2N3O8/c1-15(2)14-36-24(35)29-19-10-11-30(23(34)28-19)22-25(26,27)21(18(13-31)37-22)38-20(33)9-8-17(32)12-16-6-4-3-5-7-16/h3-7,10-11,15,18,21-22,31H,8-9,12-14H2,1-2H3,(H,28,29,34,35)/t18-,21-,22-/m1/s1. The average Bonchev–Trinajstić information content (AvgIpc) is 3.11. The second-order valence-corrected chi connectivity index (χ2v) is 9.12. The number of alkyl halides is 2. The molecule has 2 N–H and O–H groups in total. The maximum Gasteiger partial charge on any atom is 0.412 e. The van der Waals surface area contributed by atoms with Crippen LogP contribution in [0.5, 0.6) is 0 Å². The summed E-state index contributed by atoms with van der Waals surface area (Å²) in [6.07, 6.45) is -6.66. The van der Waals surface area contributed by atoms with Crippen LogP contribution >= 0.6 is 0 Å². The molecule has 1 aliphatic rings. The third-order valence-electron chi connectivity index (χ3n) is 5.50. The van der Waals surface area contributed by atoms with E-state index in [0.29, 0.717) is 4.57 Å². The minimum Gasteiger partial charge on any atom is -0.453 e. The van der Waals surface area contributed by atoms with Gasteiger partial charge in [0.15, 0.2) is 6.10 Å². The first-order chi connectivity index (χ1) is 18.0. The van der Waals surface area contributed by atoms with Gasteiger partial charge in [-0.2, -0.15) is 13.8 Å². The Labute approximate surface area is 216 Å². The number of aromatic nitrogens is 2. The molecule has 3 atom stereocenters. The molecule has 11 nitrogen and oxygen atoms in total. The van der Waals surface area contributed by atoms with E-state index >= 15 is 8.78 Å². The SMILES string of the molecule is CC(C)COC(=O)Nc1ccn([C@@H]2O[C@H](CO)[C@@H](OC(=O)CCC(=O)Cc3ccccc3)C2(F)F)c(=O)n1. The van der Waals surface area contributed by atoms with E-state index in [4.69, 9.17) is 14.2 Å². The second-order valence-electron chi connectivity index (χ2n) is 9.12. The number of amides is 1. The van der Waals surface area contributed by atoms with Crippen LogP contribution in [0.2, 0.25) is 0 Å². The van der Waals surface area contributed by atoms with Crippen LogP contribution in [0.25, 0.3) is 0 Å². The van der Waals surface area contributed by atoms with E-state index in [2.05, 4.69) is 10.3 Å². The maximum absolute atomic E-state index is 15.3. The molecule has 1 aliphatic heterocycles. The lowest BCUT2D eigenvalue weighted by molar-refractivity contribution is -0.176. The van der Waals surface area contributed by atoms with Gasteiger partial charge in [0, 0.05) is 19.0 Å². The smallest absolute Gasteiger partial charge is 0.412 e. The molecule has 0 bridgehead atoms. The lowest BCUT2D eigenvalue weighted by atomic mass is 10.1. The number of nitrogens with zero attached hydrogens (tertiary/aromatic N) is 2. The molecule has 0 aliphatic carbocycles. The van der Waals surface area contributed by atoms with Crippen molar-refractivity contribution in [1.29, 1.82) is 0 Å². The van der Waals surface area contributed by atoms with E-state index < -0.39 is 55.1 Å². The number of esters is 1. The Balaban J connectivity index is 1.63. The molecule has 38 heavy (non-hydrogen) atoms. The van der Waals surface area contributed by atoms with E-state index in [1.807, 2.05) is 13.8 Å². The number of halogens is 2. The first kappa shape index (κ1) is 28.9. The predicted octanol–water partition coefficient (Wildman–Crippen LogP) is 2.48. The molecule has 1 amide bonds. The summed E-state index contributed by atoms with van der Waals surface area (Å²) in [6, 6.07) is 9.89. The van der Waals surface area contributed by atoms with E-state index in [9.17, 15) is 24.3 Å². The van der Waals surface area contributed by atoms with Crippen LogP contribution in [-0.2, 0) is 30.2 Å². The molecule has 0 spiro atoms. The summed E-state index contributed by atoms with van der Waals surface area (Å²) in [7, 11) is 0. The molecule has 2 aromatic rings. The van der Waals surface area contributed by atoms with Crippen molar-refractivity contribution in [2.24, 2.45) is 5.92 Å². The number of carbonyl (C=O) groups excluding carboxylic acids is 3. The summed E-state index contributed by atoms with van der Waals surface area (Å²) >= 11 is 0. The van der Waals surface area contributed by atoms with Crippen molar-refractivity contribution in [3.05, 3.63) is 58.6 Å². The van der Waals surface area contributed by atoms with E-state index in [1.54, 1.807) is 30.3 Å². The highest BCUT2D eigenvalue weighted by molar-refractivity contribution is 5.84. The third kappa shape index (κ3) is 7.42. The van der Waals surface area contributed by atoms with Gasteiger partial charge in [-0.3, -0.25) is 19.5 Å². The van der Waals surface area contributed by atoms with Gasteiger partial charge in [-0.05, 0) is 17.5 Å². The zero-order valence-corrected chi connectivity index (χ0v) is 20.8. The van der Waals surface area contributed by atoms with Gasteiger partial charge in [0.1, 0.15) is 17.7 Å². The fourth-order valence-electron chi connectivity index (χ4n) is 3.66. The lowest BCUT2D eigenvalue weighted by Gasteiger charge is -2.24. The van der Waals surface area contributed by atoms with Crippen molar-refractivity contribution >= 4 is 23.7 Å². The Hall–Kier alpha value is -3.71. The fourth-order valence-corrected chi connectivity index (χ4v) is 3.66. The van der Waals surface area contributed by atoms with Crippen LogP contribution in [0, 0.1) is 5.92 Å². The summed E-state index contributed by atoms with van der Waals surface area (Å²) in [5.74, 6) is -5.46. The maximum atomic E-state index is 15.3. The Bertz CT molecular complexity index is 1190. The predicted molar refractivity (Wildman–Crippen MR) is 129 cm³/mol. The number of anilines is 1. The van der Waals surface area contributed by atoms with E-state index in [1.165, 1.54) is 0 Å². The van der Waals surface area contributed by atoms with Gasteiger partial charge in [-0.1, -0.05) is 44.2 Å². The molecule has 0 saturated carbocycles. The molecular weight excluding hydrogens is 508 g/mol. The minimum absolute atomic E-state index is 0.0692. The monoisotopic (exact) mass is 537 g/mol. The van der Waals surface area contributed by atoms with Gasteiger partial charge in [-0.25, -0.2) is 9.59 Å². The van der Waals surface area contributed by atoms with Gasteiger partial charge in [-0.15, -0.1) is 0 Å². The van der Waals surface area contributed by atoms with Crippen LogP contribution < -0.4 is 11.0 Å². The van der Waals surface area contributed by atoms with Crippen LogP contribution in [0.1, 0.15) is 38.5 Å². The zero-order chi connectivity index (χ0) is 27.9. The molecule has 0 radical (unpaired) electrons. The molecule has 2 heterocycles. The number of hydrogen-bond donors (Lipinski definition) is 2. The third-order valence-corrected chi connectivity index (χ3v) is 5.50. The highest BCUT2D eigenvalue weighted by Crippen LogP contribution is 2.44. The Kier molecular flexibility index (Phi) is 9.64. The zero-order valence-electron chi connectivity index (χ0n) is 20.8. The van der Waals surface area contributed by atoms with Gasteiger partial charge in [0.25, 0.3) is 0 Å². The molecule has 0 unspecified atom stereocenters. The van der Waals surface area contributed by atoms with Crippen molar-refractivity contribution < 1.29 is 42.5 Å². The van der Waals surface area contributed by atoms with Gasteiger partial charge < -0.3 is 19.3 Å². The van der Waals surface area contributed by atoms with E-state index in [0.717, 1.165) is 17.8 Å². The number of ether oxygens (including phenoxy) is 3. The van der Waals surface area contributed by atoms with Gasteiger partial charge in [0.05, 0.1) is 19.6 Å².